The fourth-order valence-corrected chi connectivity index (χ4v) is 2.49. The maximum absolute atomic E-state index is 13.7. The van der Waals surface area contributed by atoms with Gasteiger partial charge < -0.3 is 5.32 Å². The summed E-state index contributed by atoms with van der Waals surface area (Å²) < 4.78 is 13.7. The van der Waals surface area contributed by atoms with Gasteiger partial charge in [0.05, 0.1) is 11.3 Å². The normalized spacial score (nSPS) is 15.7. The number of nitrogens with one attached hydrogen (secondary N) is 1. The molecule has 0 aliphatic carbocycles. The van der Waals surface area contributed by atoms with Crippen LogP contribution in [-0.2, 0) is 4.79 Å². The Balaban J connectivity index is 2.36. The SMILES string of the molecule is CCC(C)Sc1cc2c(cc1F)C(=O)C(=O)N2. The number of rotatable bonds is 3. The van der Waals surface area contributed by atoms with Crippen molar-refractivity contribution >= 4 is 29.1 Å². The predicted octanol–water partition coefficient (Wildman–Crippen LogP) is 2.85. The summed E-state index contributed by atoms with van der Waals surface area (Å²) in [5.41, 5.74) is 0.535. The number of carbonyl (C=O) groups excluding carboxylic acids is 2. The number of halogens is 1. The molecule has 17 heavy (non-hydrogen) atoms. The molecule has 1 N–H and O–H groups in total. The number of hydrogen-bond acceptors (Lipinski definition) is 3. The van der Waals surface area contributed by atoms with Crippen LogP contribution in [0.5, 0.6) is 0 Å². The fourth-order valence-electron chi connectivity index (χ4n) is 1.54. The Kier molecular flexibility index (Phi) is 3.19. The molecule has 0 saturated heterocycles. The average molecular weight is 253 g/mol. The van der Waals surface area contributed by atoms with Gasteiger partial charge in [-0.1, -0.05) is 13.8 Å². The monoisotopic (exact) mass is 253 g/mol. The molecule has 1 atom stereocenters. The highest BCUT2D eigenvalue weighted by atomic mass is 32.2. The van der Waals surface area contributed by atoms with Crippen molar-refractivity contribution in [3.8, 4) is 0 Å². The summed E-state index contributed by atoms with van der Waals surface area (Å²) in [6.07, 6.45) is 0.923. The Morgan fingerprint density at radius 1 is 1.41 bits per heavy atom. The molecule has 1 heterocycles. The maximum atomic E-state index is 13.7. The minimum atomic E-state index is -0.690. The molecule has 90 valence electrons. The number of benzene rings is 1. The lowest BCUT2D eigenvalue weighted by Gasteiger charge is -2.10. The molecular formula is C12H12FNO2S. The highest BCUT2D eigenvalue weighted by Gasteiger charge is 2.29. The molecule has 0 spiro atoms. The number of fused-ring (bicyclic) bond motifs is 1. The first-order valence-corrected chi connectivity index (χ1v) is 6.26. The molecule has 5 heteroatoms. The highest BCUT2D eigenvalue weighted by Crippen LogP contribution is 2.34. The van der Waals surface area contributed by atoms with Crippen molar-refractivity contribution in [3.05, 3.63) is 23.5 Å². The van der Waals surface area contributed by atoms with Crippen molar-refractivity contribution in [1.82, 2.24) is 0 Å². The van der Waals surface area contributed by atoms with Gasteiger partial charge in [-0.3, -0.25) is 9.59 Å². The van der Waals surface area contributed by atoms with Gasteiger partial charge in [0.15, 0.2) is 0 Å². The average Bonchev–Trinajstić information content (AvgIpc) is 2.56. The summed E-state index contributed by atoms with van der Waals surface area (Å²) in [5.74, 6) is -1.80. The topological polar surface area (TPSA) is 46.2 Å². The zero-order chi connectivity index (χ0) is 12.6. The van der Waals surface area contributed by atoms with Crippen LogP contribution in [0, 0.1) is 5.82 Å². The molecule has 1 unspecified atom stereocenters. The zero-order valence-electron chi connectivity index (χ0n) is 9.54. The van der Waals surface area contributed by atoms with E-state index in [1.165, 1.54) is 17.8 Å². The van der Waals surface area contributed by atoms with Crippen molar-refractivity contribution in [2.75, 3.05) is 5.32 Å². The second-order valence-electron chi connectivity index (χ2n) is 3.95. The number of ketones is 1. The van der Waals surface area contributed by atoms with E-state index in [1.807, 2.05) is 13.8 Å². The van der Waals surface area contributed by atoms with Crippen LogP contribution < -0.4 is 5.32 Å². The maximum Gasteiger partial charge on any atom is 0.296 e. The number of hydrogen-bond donors (Lipinski definition) is 1. The van der Waals surface area contributed by atoms with Gasteiger partial charge in [0.1, 0.15) is 5.82 Å². The number of Topliss-reactive ketones (excluding diaryl/α,β-unsaturated/α-hetero) is 1. The predicted molar refractivity (Wildman–Crippen MR) is 65.0 cm³/mol. The molecule has 0 bridgehead atoms. The molecule has 0 saturated carbocycles. The molecule has 0 radical (unpaired) electrons. The van der Waals surface area contributed by atoms with E-state index in [-0.39, 0.29) is 10.8 Å². The van der Waals surface area contributed by atoms with E-state index in [0.29, 0.717) is 10.6 Å². The van der Waals surface area contributed by atoms with Crippen LogP contribution in [0.1, 0.15) is 30.6 Å². The van der Waals surface area contributed by atoms with Gasteiger partial charge >= 0.3 is 0 Å². The summed E-state index contributed by atoms with van der Waals surface area (Å²) >= 11 is 1.40. The number of carbonyl (C=O) groups is 2. The molecule has 1 aromatic rings. The fraction of sp³-hybridized carbons (Fsp3) is 0.333. The molecule has 1 aliphatic rings. The molecule has 2 rings (SSSR count). The molecule has 3 nitrogen and oxygen atoms in total. The van der Waals surface area contributed by atoms with Gasteiger partial charge in [-0.2, -0.15) is 0 Å². The number of amides is 1. The summed E-state index contributed by atoms with van der Waals surface area (Å²) in [6, 6.07) is 2.67. The lowest BCUT2D eigenvalue weighted by atomic mass is 10.1. The first-order valence-electron chi connectivity index (χ1n) is 5.38. The molecule has 1 amide bonds. The van der Waals surface area contributed by atoms with E-state index in [0.717, 1.165) is 12.5 Å². The largest absolute Gasteiger partial charge is 0.318 e. The Bertz CT molecular complexity index is 502. The summed E-state index contributed by atoms with van der Waals surface area (Å²) in [4.78, 5) is 23.0. The smallest absolute Gasteiger partial charge is 0.296 e. The standard InChI is InChI=1S/C12H12FNO2S/c1-3-6(2)17-10-5-9-7(4-8(10)13)11(15)12(16)14-9/h4-6H,3H2,1-2H3,(H,14,15,16). The Morgan fingerprint density at radius 3 is 2.76 bits per heavy atom. The zero-order valence-corrected chi connectivity index (χ0v) is 10.4. The number of thioether (sulfide) groups is 1. The van der Waals surface area contributed by atoms with Crippen LogP contribution in [-0.4, -0.2) is 16.9 Å². The van der Waals surface area contributed by atoms with E-state index in [2.05, 4.69) is 5.32 Å². The second-order valence-corrected chi connectivity index (χ2v) is 5.43. The minimum Gasteiger partial charge on any atom is -0.318 e. The lowest BCUT2D eigenvalue weighted by Crippen LogP contribution is -2.12. The van der Waals surface area contributed by atoms with Gasteiger partial charge in [-0.25, -0.2) is 4.39 Å². The Hall–Kier alpha value is -1.36. The third-order valence-electron chi connectivity index (χ3n) is 2.67. The van der Waals surface area contributed by atoms with Crippen molar-refractivity contribution in [1.29, 1.82) is 0 Å². The van der Waals surface area contributed by atoms with Crippen molar-refractivity contribution in [3.63, 3.8) is 0 Å². The first kappa shape index (κ1) is 12.1. The van der Waals surface area contributed by atoms with Crippen LogP contribution in [0.2, 0.25) is 0 Å². The van der Waals surface area contributed by atoms with Crippen LogP contribution in [0.3, 0.4) is 0 Å². The third-order valence-corrected chi connectivity index (χ3v) is 3.98. The summed E-state index contributed by atoms with van der Waals surface area (Å²) in [7, 11) is 0. The summed E-state index contributed by atoms with van der Waals surface area (Å²) in [5, 5.41) is 2.72. The first-order chi connectivity index (χ1) is 8.02. The van der Waals surface area contributed by atoms with E-state index < -0.39 is 17.5 Å². The van der Waals surface area contributed by atoms with Crippen LogP contribution in [0.15, 0.2) is 17.0 Å². The molecule has 1 aliphatic heterocycles. The molecule has 0 fully saturated rings. The number of anilines is 1. The van der Waals surface area contributed by atoms with Crippen LogP contribution in [0.25, 0.3) is 0 Å². The van der Waals surface area contributed by atoms with Crippen molar-refractivity contribution < 1.29 is 14.0 Å². The quantitative estimate of drug-likeness (QED) is 0.665. The van der Waals surface area contributed by atoms with Crippen molar-refractivity contribution in [2.45, 2.75) is 30.4 Å². The Morgan fingerprint density at radius 2 is 2.12 bits per heavy atom. The van der Waals surface area contributed by atoms with E-state index in [9.17, 15) is 14.0 Å². The van der Waals surface area contributed by atoms with Gasteiger partial charge in [0, 0.05) is 10.1 Å². The molecular weight excluding hydrogens is 241 g/mol. The van der Waals surface area contributed by atoms with Crippen LogP contribution in [0.4, 0.5) is 10.1 Å². The highest BCUT2D eigenvalue weighted by molar-refractivity contribution is 8.00. The van der Waals surface area contributed by atoms with E-state index in [1.54, 1.807) is 0 Å². The molecule has 1 aromatic carbocycles. The van der Waals surface area contributed by atoms with Gasteiger partial charge in [0.2, 0.25) is 0 Å². The van der Waals surface area contributed by atoms with Crippen molar-refractivity contribution in [2.24, 2.45) is 0 Å². The van der Waals surface area contributed by atoms with E-state index >= 15 is 0 Å². The lowest BCUT2D eigenvalue weighted by molar-refractivity contribution is -0.112. The summed E-state index contributed by atoms with van der Waals surface area (Å²) in [6.45, 7) is 4.02. The molecule has 0 aromatic heterocycles. The van der Waals surface area contributed by atoms with Crippen LogP contribution >= 0.6 is 11.8 Å². The second kappa shape index (κ2) is 4.49. The minimum absolute atomic E-state index is 0.126. The van der Waals surface area contributed by atoms with Gasteiger partial charge in [-0.05, 0) is 18.6 Å². The third kappa shape index (κ3) is 2.20. The van der Waals surface area contributed by atoms with E-state index in [4.69, 9.17) is 0 Å². The Labute approximate surface area is 103 Å². The van der Waals surface area contributed by atoms with Gasteiger partial charge in [-0.15, -0.1) is 11.8 Å². The van der Waals surface area contributed by atoms with Gasteiger partial charge in [0.25, 0.3) is 11.7 Å².